The van der Waals surface area contributed by atoms with Crippen LogP contribution in [0.15, 0.2) is 16.9 Å². The molecule has 1 heterocycles. The summed E-state index contributed by atoms with van der Waals surface area (Å²) in [6, 6.07) is 0. The number of rotatable bonds is 9. The molecule has 0 spiro atoms. The van der Waals surface area contributed by atoms with Crippen molar-refractivity contribution in [1.29, 1.82) is 0 Å². The molecule has 102 valence electrons. The first-order chi connectivity index (χ1) is 8.77. The van der Waals surface area contributed by atoms with E-state index in [9.17, 15) is 0 Å². The maximum absolute atomic E-state index is 5.37. The summed E-state index contributed by atoms with van der Waals surface area (Å²) in [5.41, 5.74) is 0. The molecule has 0 amide bonds. The van der Waals surface area contributed by atoms with Gasteiger partial charge in [-0.25, -0.2) is 9.97 Å². The maximum atomic E-state index is 5.37. The van der Waals surface area contributed by atoms with E-state index in [1.165, 1.54) is 0 Å². The zero-order valence-corrected chi connectivity index (χ0v) is 12.5. The van der Waals surface area contributed by atoms with Crippen LogP contribution in [0.4, 0.5) is 5.95 Å². The normalized spacial score (nSPS) is 10.6. The van der Waals surface area contributed by atoms with Gasteiger partial charge in [0.05, 0.1) is 17.7 Å². The predicted molar refractivity (Wildman–Crippen MR) is 74.9 cm³/mol. The Hall–Kier alpha value is -0.720. The third-order valence-corrected chi connectivity index (χ3v) is 2.72. The lowest BCUT2D eigenvalue weighted by atomic mass is 10.5. The molecule has 0 bridgehead atoms. The second kappa shape index (κ2) is 9.24. The van der Waals surface area contributed by atoms with E-state index >= 15 is 0 Å². The first-order valence-corrected chi connectivity index (χ1v) is 6.95. The largest absolute Gasteiger partial charge is 0.380 e. The first kappa shape index (κ1) is 15.3. The van der Waals surface area contributed by atoms with Gasteiger partial charge >= 0.3 is 0 Å². The summed E-state index contributed by atoms with van der Waals surface area (Å²) < 4.78 is 11.6. The van der Waals surface area contributed by atoms with Crippen molar-refractivity contribution in [2.75, 3.05) is 44.4 Å². The van der Waals surface area contributed by atoms with Crippen molar-refractivity contribution in [1.82, 2.24) is 9.97 Å². The summed E-state index contributed by atoms with van der Waals surface area (Å²) in [5.74, 6) is 0.706. The Morgan fingerprint density at radius 2 is 1.56 bits per heavy atom. The van der Waals surface area contributed by atoms with Gasteiger partial charge in [-0.1, -0.05) is 0 Å². The van der Waals surface area contributed by atoms with Crippen LogP contribution < -0.4 is 4.90 Å². The van der Waals surface area contributed by atoms with Crippen LogP contribution in [0.2, 0.25) is 0 Å². The number of anilines is 1. The van der Waals surface area contributed by atoms with Crippen molar-refractivity contribution in [2.45, 2.75) is 13.8 Å². The van der Waals surface area contributed by atoms with Crippen molar-refractivity contribution in [2.24, 2.45) is 0 Å². The van der Waals surface area contributed by atoms with E-state index in [1.54, 1.807) is 12.4 Å². The summed E-state index contributed by atoms with van der Waals surface area (Å²) in [7, 11) is 0. The highest BCUT2D eigenvalue weighted by Crippen LogP contribution is 2.10. The molecule has 6 heteroatoms. The van der Waals surface area contributed by atoms with Gasteiger partial charge in [0.2, 0.25) is 5.95 Å². The van der Waals surface area contributed by atoms with E-state index in [2.05, 4.69) is 30.8 Å². The Balaban J connectivity index is 2.54. The molecule has 0 radical (unpaired) electrons. The number of hydrogen-bond donors (Lipinski definition) is 0. The van der Waals surface area contributed by atoms with Crippen LogP contribution in [-0.4, -0.2) is 49.5 Å². The van der Waals surface area contributed by atoms with Gasteiger partial charge in [-0.3, -0.25) is 0 Å². The Kier molecular flexibility index (Phi) is 7.88. The monoisotopic (exact) mass is 317 g/mol. The SMILES string of the molecule is CCOCCN(CCOCC)c1ncc(Br)cn1. The first-order valence-electron chi connectivity index (χ1n) is 6.15. The molecule has 0 aliphatic heterocycles. The Morgan fingerprint density at radius 3 is 2.00 bits per heavy atom. The van der Waals surface area contributed by atoms with Gasteiger partial charge in [-0.15, -0.1) is 0 Å². The molecule has 1 aromatic rings. The smallest absolute Gasteiger partial charge is 0.225 e. The quantitative estimate of drug-likeness (QED) is 0.653. The lowest BCUT2D eigenvalue weighted by Gasteiger charge is -2.22. The Morgan fingerprint density at radius 1 is 1.06 bits per heavy atom. The van der Waals surface area contributed by atoms with Gasteiger partial charge in [0.25, 0.3) is 0 Å². The minimum atomic E-state index is 0.669. The van der Waals surface area contributed by atoms with Crippen LogP contribution in [0.5, 0.6) is 0 Å². The van der Waals surface area contributed by atoms with Crippen LogP contribution in [0.3, 0.4) is 0 Å². The average molecular weight is 318 g/mol. The van der Waals surface area contributed by atoms with Gasteiger partial charge in [-0.2, -0.15) is 0 Å². The highest BCUT2D eigenvalue weighted by atomic mass is 79.9. The minimum Gasteiger partial charge on any atom is -0.380 e. The van der Waals surface area contributed by atoms with Gasteiger partial charge in [0.1, 0.15) is 0 Å². The minimum absolute atomic E-state index is 0.669. The van der Waals surface area contributed by atoms with Gasteiger partial charge in [-0.05, 0) is 29.8 Å². The van der Waals surface area contributed by atoms with E-state index < -0.39 is 0 Å². The zero-order valence-electron chi connectivity index (χ0n) is 10.9. The fourth-order valence-corrected chi connectivity index (χ4v) is 1.62. The van der Waals surface area contributed by atoms with Crippen molar-refractivity contribution in [3.05, 3.63) is 16.9 Å². The molecule has 1 aromatic heterocycles. The number of nitrogens with zero attached hydrogens (tertiary/aromatic N) is 3. The van der Waals surface area contributed by atoms with E-state index in [0.717, 1.165) is 30.8 Å². The summed E-state index contributed by atoms with van der Waals surface area (Å²) in [6.07, 6.45) is 3.49. The molecule has 5 nitrogen and oxygen atoms in total. The number of aromatic nitrogens is 2. The topological polar surface area (TPSA) is 47.5 Å². The number of ether oxygens (including phenoxy) is 2. The Bertz CT molecular complexity index is 312. The molecule has 0 fully saturated rings. The fraction of sp³-hybridized carbons (Fsp3) is 0.667. The molecule has 0 saturated heterocycles. The molecule has 18 heavy (non-hydrogen) atoms. The summed E-state index contributed by atoms with van der Waals surface area (Å²) in [6.45, 7) is 8.29. The van der Waals surface area contributed by atoms with Gasteiger partial charge in [0, 0.05) is 38.7 Å². The second-order valence-electron chi connectivity index (χ2n) is 3.58. The highest BCUT2D eigenvalue weighted by Gasteiger charge is 2.09. The molecule has 1 rings (SSSR count). The van der Waals surface area contributed by atoms with Crippen LogP contribution >= 0.6 is 15.9 Å². The van der Waals surface area contributed by atoms with E-state index in [-0.39, 0.29) is 0 Å². The molecule has 0 aromatic carbocycles. The van der Waals surface area contributed by atoms with Crippen LogP contribution in [-0.2, 0) is 9.47 Å². The maximum Gasteiger partial charge on any atom is 0.225 e. The number of hydrogen-bond acceptors (Lipinski definition) is 5. The van der Waals surface area contributed by atoms with E-state index in [4.69, 9.17) is 9.47 Å². The van der Waals surface area contributed by atoms with Crippen LogP contribution in [0, 0.1) is 0 Å². The molecular weight excluding hydrogens is 298 g/mol. The number of halogens is 1. The summed E-state index contributed by atoms with van der Waals surface area (Å²) >= 11 is 3.33. The van der Waals surface area contributed by atoms with Crippen molar-refractivity contribution in [3.63, 3.8) is 0 Å². The van der Waals surface area contributed by atoms with Crippen LogP contribution in [0.25, 0.3) is 0 Å². The zero-order chi connectivity index (χ0) is 13.2. The van der Waals surface area contributed by atoms with Gasteiger partial charge in [0.15, 0.2) is 0 Å². The van der Waals surface area contributed by atoms with Crippen LogP contribution in [0.1, 0.15) is 13.8 Å². The Labute approximate surface area is 117 Å². The van der Waals surface area contributed by atoms with E-state index in [1.807, 2.05) is 13.8 Å². The average Bonchev–Trinajstić information content (AvgIpc) is 2.38. The summed E-state index contributed by atoms with van der Waals surface area (Å²) in [5, 5.41) is 0. The molecule has 0 atom stereocenters. The lowest BCUT2D eigenvalue weighted by molar-refractivity contribution is 0.141. The molecule has 0 N–H and O–H groups in total. The molecular formula is C12H20BrN3O2. The second-order valence-corrected chi connectivity index (χ2v) is 4.50. The summed E-state index contributed by atoms with van der Waals surface area (Å²) in [4.78, 5) is 10.7. The lowest BCUT2D eigenvalue weighted by Crippen LogP contribution is -2.32. The third kappa shape index (κ3) is 5.75. The highest BCUT2D eigenvalue weighted by molar-refractivity contribution is 9.10. The van der Waals surface area contributed by atoms with E-state index in [0.29, 0.717) is 19.2 Å². The standard InChI is InChI=1S/C12H20BrN3O2/c1-3-17-7-5-16(6-8-18-4-2)12-14-9-11(13)10-15-12/h9-10H,3-8H2,1-2H3. The van der Waals surface area contributed by atoms with Gasteiger partial charge < -0.3 is 14.4 Å². The molecule has 0 aliphatic carbocycles. The molecule has 0 unspecified atom stereocenters. The molecule has 0 aliphatic rings. The van der Waals surface area contributed by atoms with Crippen molar-refractivity contribution >= 4 is 21.9 Å². The third-order valence-electron chi connectivity index (χ3n) is 2.31. The fourth-order valence-electron chi connectivity index (χ4n) is 1.42. The molecule has 0 saturated carbocycles. The van der Waals surface area contributed by atoms with Crippen molar-refractivity contribution in [3.8, 4) is 0 Å². The predicted octanol–water partition coefficient (Wildman–Crippen LogP) is 2.12. The van der Waals surface area contributed by atoms with Crippen molar-refractivity contribution < 1.29 is 9.47 Å².